The number of hydrogen-bond donors (Lipinski definition) is 4. The van der Waals surface area contributed by atoms with E-state index in [9.17, 15) is 14.4 Å². The molecular weight excluding hydrogens is 436 g/mol. The highest BCUT2D eigenvalue weighted by Crippen LogP contribution is 2.28. The van der Waals surface area contributed by atoms with Gasteiger partial charge in [0.1, 0.15) is 11.6 Å². The van der Waals surface area contributed by atoms with Crippen molar-refractivity contribution in [3.63, 3.8) is 0 Å². The number of amides is 4. The van der Waals surface area contributed by atoms with E-state index >= 15 is 0 Å². The summed E-state index contributed by atoms with van der Waals surface area (Å²) >= 11 is 0. The average Bonchev–Trinajstić information content (AvgIpc) is 3.48. The van der Waals surface area contributed by atoms with Crippen molar-refractivity contribution in [2.75, 3.05) is 19.4 Å². The molecule has 4 amide bonds. The molecule has 5 N–H and O–H groups in total. The van der Waals surface area contributed by atoms with Gasteiger partial charge in [-0.05, 0) is 35.4 Å². The van der Waals surface area contributed by atoms with E-state index < -0.39 is 17.5 Å². The number of nitrogens with two attached hydrogens (primary N) is 1. The van der Waals surface area contributed by atoms with E-state index in [4.69, 9.17) is 10.5 Å². The van der Waals surface area contributed by atoms with Gasteiger partial charge in [0.05, 0.1) is 19.3 Å². The van der Waals surface area contributed by atoms with Gasteiger partial charge in [-0.25, -0.2) is 4.79 Å². The molecule has 2 aliphatic rings. The number of nitrogens with zero attached hydrogens (tertiary/aromatic N) is 2. The zero-order valence-electron chi connectivity index (χ0n) is 18.1. The maximum absolute atomic E-state index is 13.0. The number of anilines is 1. The van der Waals surface area contributed by atoms with Crippen LogP contribution < -0.4 is 21.1 Å². The molecule has 1 fully saturated rings. The molecule has 0 aliphatic carbocycles. The lowest BCUT2D eigenvalue weighted by Crippen LogP contribution is -2.54. The fourth-order valence-electron chi connectivity index (χ4n) is 4.01. The molecule has 5 rings (SSSR count). The molecule has 170 valence electrons. The number of urea groups is 1. The third-order valence-corrected chi connectivity index (χ3v) is 5.78. The van der Waals surface area contributed by atoms with Crippen LogP contribution in [-0.2, 0) is 11.3 Å². The highest BCUT2D eigenvalue weighted by Gasteiger charge is 2.48. The maximum atomic E-state index is 13.0. The summed E-state index contributed by atoms with van der Waals surface area (Å²) in [6.45, 7) is 0.200. The van der Waals surface area contributed by atoms with E-state index in [1.54, 1.807) is 30.3 Å². The second-order valence-electron chi connectivity index (χ2n) is 8.03. The molecule has 3 aromatic rings. The van der Waals surface area contributed by atoms with Gasteiger partial charge in [-0.15, -0.1) is 0 Å². The van der Waals surface area contributed by atoms with Gasteiger partial charge in [-0.1, -0.05) is 30.0 Å². The zero-order valence-corrected chi connectivity index (χ0v) is 18.1. The predicted molar refractivity (Wildman–Crippen MR) is 122 cm³/mol. The second kappa shape index (κ2) is 7.97. The van der Waals surface area contributed by atoms with Gasteiger partial charge in [-0.3, -0.25) is 20.0 Å². The number of methoxy groups -OCH3 is 1. The molecule has 2 aromatic carbocycles. The highest BCUT2D eigenvalue weighted by atomic mass is 16.5. The number of carbonyl (C=O) groups excluding carboxylic acids is 3. The van der Waals surface area contributed by atoms with Crippen molar-refractivity contribution >= 4 is 23.7 Å². The number of benzene rings is 2. The Labute approximate surface area is 194 Å². The Morgan fingerprint density at radius 1 is 1.15 bits per heavy atom. The molecule has 0 radical (unpaired) electrons. The molecule has 0 bridgehead atoms. The summed E-state index contributed by atoms with van der Waals surface area (Å²) in [7, 11) is 1.53. The minimum absolute atomic E-state index is 0.0983. The number of nitrogens with one attached hydrogen (secondary N) is 3. The predicted octanol–water partition coefficient (Wildman–Crippen LogP) is 1.25. The standard InChI is InChI=1S/C24H20N6O4/c1-34-17-7-6-16-12-30(21(31)18(16)10-17)13-24(22(32)26-23(33)27-24)9-8-14-2-4-15(5-3-14)19-11-20(25)29-28-19/h2-7,10-11H,12-13H2,1H3,(H3,25,28,29)(H2,26,27,32,33). The Morgan fingerprint density at radius 2 is 1.94 bits per heavy atom. The number of fused-ring (bicyclic) bond motifs is 1. The molecular formula is C24H20N6O4. The number of ether oxygens (including phenoxy) is 1. The number of aromatic nitrogens is 2. The van der Waals surface area contributed by atoms with Crippen LogP contribution in [0.15, 0.2) is 48.5 Å². The first-order valence-corrected chi connectivity index (χ1v) is 10.4. The summed E-state index contributed by atoms with van der Waals surface area (Å²) in [5, 5.41) is 11.6. The van der Waals surface area contributed by atoms with Crippen molar-refractivity contribution < 1.29 is 19.1 Å². The summed E-state index contributed by atoms with van der Waals surface area (Å²) in [6, 6.07) is 13.6. The normalized spacial score (nSPS) is 18.7. The first-order chi connectivity index (χ1) is 16.4. The number of nitrogen functional groups attached to an aromatic ring is 1. The summed E-state index contributed by atoms with van der Waals surface area (Å²) in [5.41, 5.74) is 7.65. The average molecular weight is 456 g/mol. The summed E-state index contributed by atoms with van der Waals surface area (Å²) < 4.78 is 5.21. The topological polar surface area (TPSA) is 142 Å². The summed E-state index contributed by atoms with van der Waals surface area (Å²) in [4.78, 5) is 39.2. The third kappa shape index (κ3) is 3.69. The van der Waals surface area contributed by atoms with Gasteiger partial charge < -0.3 is 20.7 Å². The fourth-order valence-corrected chi connectivity index (χ4v) is 4.01. The van der Waals surface area contributed by atoms with E-state index in [2.05, 4.69) is 32.7 Å². The molecule has 10 heteroatoms. The quantitative estimate of drug-likeness (QED) is 0.344. The van der Waals surface area contributed by atoms with Crippen LogP contribution in [-0.4, -0.2) is 52.1 Å². The molecule has 1 unspecified atom stereocenters. The number of hydrogen-bond acceptors (Lipinski definition) is 6. The van der Waals surface area contributed by atoms with Crippen LogP contribution >= 0.6 is 0 Å². The minimum Gasteiger partial charge on any atom is -0.497 e. The first-order valence-electron chi connectivity index (χ1n) is 10.4. The lowest BCUT2D eigenvalue weighted by atomic mass is 9.98. The molecule has 3 heterocycles. The van der Waals surface area contributed by atoms with Crippen LogP contribution in [0, 0.1) is 11.8 Å². The van der Waals surface area contributed by atoms with Crippen LogP contribution in [0.25, 0.3) is 11.3 Å². The molecule has 10 nitrogen and oxygen atoms in total. The van der Waals surface area contributed by atoms with E-state index in [0.717, 1.165) is 16.8 Å². The van der Waals surface area contributed by atoms with Crippen molar-refractivity contribution in [3.8, 4) is 28.8 Å². The molecule has 2 aliphatic heterocycles. The first kappa shape index (κ1) is 21.1. The molecule has 0 saturated carbocycles. The lowest BCUT2D eigenvalue weighted by molar-refractivity contribution is -0.122. The lowest BCUT2D eigenvalue weighted by Gasteiger charge is -2.26. The minimum atomic E-state index is -1.57. The Bertz CT molecular complexity index is 1380. The van der Waals surface area contributed by atoms with E-state index in [1.807, 2.05) is 18.2 Å². The second-order valence-corrected chi connectivity index (χ2v) is 8.03. The van der Waals surface area contributed by atoms with Crippen LogP contribution in [0.4, 0.5) is 10.6 Å². The van der Waals surface area contributed by atoms with Gasteiger partial charge in [-0.2, -0.15) is 5.10 Å². The van der Waals surface area contributed by atoms with Crippen LogP contribution in [0.5, 0.6) is 5.75 Å². The van der Waals surface area contributed by atoms with Crippen LogP contribution in [0.2, 0.25) is 0 Å². The van der Waals surface area contributed by atoms with Crippen LogP contribution in [0.1, 0.15) is 21.5 Å². The Balaban J connectivity index is 1.41. The van der Waals surface area contributed by atoms with Gasteiger partial charge in [0.2, 0.25) is 5.54 Å². The van der Waals surface area contributed by atoms with Crippen LogP contribution in [0.3, 0.4) is 0 Å². The largest absolute Gasteiger partial charge is 0.497 e. The summed E-state index contributed by atoms with van der Waals surface area (Å²) in [6.07, 6.45) is 0. The van der Waals surface area contributed by atoms with Gasteiger partial charge in [0.15, 0.2) is 0 Å². The monoisotopic (exact) mass is 456 g/mol. The summed E-state index contributed by atoms with van der Waals surface area (Å²) in [5.74, 6) is 5.95. The van der Waals surface area contributed by atoms with Crippen molar-refractivity contribution in [1.29, 1.82) is 0 Å². The molecule has 1 aromatic heterocycles. The molecule has 1 atom stereocenters. The van der Waals surface area contributed by atoms with Crippen molar-refractivity contribution in [2.45, 2.75) is 12.1 Å². The number of imide groups is 1. The van der Waals surface area contributed by atoms with Gasteiger partial charge in [0, 0.05) is 23.7 Å². The molecule has 0 spiro atoms. The number of rotatable bonds is 4. The molecule has 1 saturated heterocycles. The van der Waals surface area contributed by atoms with Gasteiger partial charge >= 0.3 is 6.03 Å². The Kier molecular flexibility index (Phi) is 4.94. The van der Waals surface area contributed by atoms with Crippen molar-refractivity contribution in [2.24, 2.45) is 0 Å². The number of carbonyl (C=O) groups is 3. The smallest absolute Gasteiger partial charge is 0.323 e. The SMILES string of the molecule is COc1ccc2c(c1)C(=O)N(CC1(C#Cc3ccc(-c4cc(N)n[nH]4)cc3)NC(=O)NC1=O)C2. The highest BCUT2D eigenvalue weighted by molar-refractivity contribution is 6.10. The molecule has 34 heavy (non-hydrogen) atoms. The van der Waals surface area contributed by atoms with Crippen molar-refractivity contribution in [1.82, 2.24) is 25.7 Å². The third-order valence-electron chi connectivity index (χ3n) is 5.78. The van der Waals surface area contributed by atoms with Gasteiger partial charge in [0.25, 0.3) is 11.8 Å². The Morgan fingerprint density at radius 3 is 2.59 bits per heavy atom. The zero-order chi connectivity index (χ0) is 23.9. The maximum Gasteiger partial charge on any atom is 0.323 e. The van der Waals surface area contributed by atoms with E-state index in [1.165, 1.54) is 12.0 Å². The van der Waals surface area contributed by atoms with Crippen molar-refractivity contribution in [3.05, 3.63) is 65.2 Å². The number of aromatic amines is 1. The number of H-pyrrole nitrogens is 1. The van der Waals surface area contributed by atoms with E-state index in [-0.39, 0.29) is 12.5 Å². The van der Waals surface area contributed by atoms with E-state index in [0.29, 0.717) is 29.2 Å². The Hall–Kier alpha value is -4.78. The fraction of sp³-hybridized carbons (Fsp3) is 0.167.